The van der Waals surface area contributed by atoms with Crippen molar-refractivity contribution in [2.45, 2.75) is 45.8 Å². The zero-order valence-corrected chi connectivity index (χ0v) is 19.5. The number of halogens is 3. The predicted molar refractivity (Wildman–Crippen MR) is 126 cm³/mol. The average molecular weight is 489 g/mol. The van der Waals surface area contributed by atoms with Gasteiger partial charge in [0.05, 0.1) is 16.6 Å². The van der Waals surface area contributed by atoms with Gasteiger partial charge in [-0.05, 0) is 55.7 Å². The van der Waals surface area contributed by atoms with E-state index in [-0.39, 0.29) is 24.0 Å². The Morgan fingerprint density at radius 1 is 1.20 bits per heavy atom. The van der Waals surface area contributed by atoms with Crippen LogP contribution in [0.5, 0.6) is 0 Å². The van der Waals surface area contributed by atoms with Crippen LogP contribution in [-0.4, -0.2) is 39.6 Å². The van der Waals surface area contributed by atoms with Gasteiger partial charge in [-0.15, -0.1) is 0 Å². The minimum absolute atomic E-state index is 0.0286. The summed E-state index contributed by atoms with van der Waals surface area (Å²) in [5, 5.41) is 11.9. The van der Waals surface area contributed by atoms with Crippen LogP contribution in [0.2, 0.25) is 0 Å². The van der Waals surface area contributed by atoms with Crippen LogP contribution in [0.4, 0.5) is 24.8 Å². The fourth-order valence-corrected chi connectivity index (χ4v) is 4.35. The molecule has 1 aliphatic heterocycles. The van der Waals surface area contributed by atoms with Crippen molar-refractivity contribution in [2.24, 2.45) is 5.41 Å². The summed E-state index contributed by atoms with van der Waals surface area (Å²) in [6.45, 7) is 4.69. The molecule has 0 saturated carbocycles. The molecular weight excluding hydrogens is 461 g/mol. The number of nitrogens with one attached hydrogen (secondary N) is 1. The number of rotatable bonds is 6. The van der Waals surface area contributed by atoms with E-state index in [2.05, 4.69) is 10.3 Å². The number of imidazole rings is 1. The molecule has 186 valence electrons. The minimum Gasteiger partial charge on any atom is -0.396 e. The number of hydrogen-bond donors (Lipinski definition) is 2. The van der Waals surface area contributed by atoms with E-state index in [1.165, 1.54) is 12.1 Å². The van der Waals surface area contributed by atoms with Gasteiger partial charge in [-0.2, -0.15) is 13.2 Å². The lowest BCUT2D eigenvalue weighted by molar-refractivity contribution is -0.137. The summed E-state index contributed by atoms with van der Waals surface area (Å²) in [7, 11) is 0. The number of aryl methyl sites for hydroxylation is 1. The second-order valence-electron chi connectivity index (χ2n) is 9.31. The van der Waals surface area contributed by atoms with Gasteiger partial charge in [-0.1, -0.05) is 19.9 Å². The molecule has 1 aliphatic rings. The van der Waals surface area contributed by atoms with Gasteiger partial charge >= 0.3 is 6.18 Å². The van der Waals surface area contributed by atoms with Crippen LogP contribution in [0, 0.1) is 5.41 Å². The molecule has 2 N–H and O–H groups in total. The maximum Gasteiger partial charge on any atom is 0.416 e. The van der Waals surface area contributed by atoms with E-state index in [1.807, 2.05) is 19.9 Å². The molecule has 2 heterocycles. The molecule has 1 saturated heterocycles. The lowest BCUT2D eigenvalue weighted by Gasteiger charge is -2.37. The van der Waals surface area contributed by atoms with Crippen LogP contribution >= 0.6 is 0 Å². The molecule has 35 heavy (non-hydrogen) atoms. The molecule has 1 aromatic heterocycles. The fraction of sp³-hybridized carbons (Fsp3) is 0.400. The summed E-state index contributed by atoms with van der Waals surface area (Å²) >= 11 is 0. The van der Waals surface area contributed by atoms with Crippen molar-refractivity contribution < 1.29 is 27.9 Å². The van der Waals surface area contributed by atoms with Crippen molar-refractivity contribution in [3.05, 3.63) is 53.6 Å². The molecule has 2 amide bonds. The number of fused-ring (bicyclic) bond motifs is 1. The molecule has 1 fully saturated rings. The molecule has 0 radical (unpaired) electrons. The summed E-state index contributed by atoms with van der Waals surface area (Å²) < 4.78 is 40.9. The van der Waals surface area contributed by atoms with Crippen molar-refractivity contribution in [1.82, 2.24) is 9.55 Å². The Labute approximate surface area is 200 Å². The molecular formula is C25H27F3N4O3. The van der Waals surface area contributed by atoms with Crippen LogP contribution in [0.1, 0.15) is 49.0 Å². The molecule has 0 spiro atoms. The summed E-state index contributed by atoms with van der Waals surface area (Å²) in [6.07, 6.45) is -2.49. The van der Waals surface area contributed by atoms with Crippen LogP contribution < -0.4 is 10.2 Å². The van der Waals surface area contributed by atoms with E-state index in [0.717, 1.165) is 25.0 Å². The Kier molecular flexibility index (Phi) is 6.59. The second-order valence-corrected chi connectivity index (χ2v) is 9.31. The summed E-state index contributed by atoms with van der Waals surface area (Å²) in [4.78, 5) is 32.0. The first-order chi connectivity index (χ1) is 16.5. The maximum absolute atomic E-state index is 13.1. The zero-order chi connectivity index (χ0) is 25.4. The average Bonchev–Trinajstić information content (AvgIpc) is 3.14. The van der Waals surface area contributed by atoms with Gasteiger partial charge in [0.1, 0.15) is 0 Å². The van der Waals surface area contributed by atoms with E-state index in [0.29, 0.717) is 36.2 Å². The number of aliphatic hydroxyl groups excluding tert-OH is 1. The number of anilines is 2. The van der Waals surface area contributed by atoms with Crippen LogP contribution in [-0.2, 0) is 17.5 Å². The molecule has 0 aliphatic carbocycles. The van der Waals surface area contributed by atoms with E-state index in [9.17, 15) is 27.9 Å². The van der Waals surface area contributed by atoms with Gasteiger partial charge in [-0.25, -0.2) is 4.98 Å². The van der Waals surface area contributed by atoms with Gasteiger partial charge in [0.25, 0.3) is 5.91 Å². The van der Waals surface area contributed by atoms with E-state index >= 15 is 0 Å². The SMILES string of the molecule is CC1(C)CCCN(c2ccc3c(c2)nc(NC(=O)c2cccc(C(F)(F)F)c2)n3CCCO)C1=O. The largest absolute Gasteiger partial charge is 0.416 e. The molecule has 2 aromatic carbocycles. The van der Waals surface area contributed by atoms with Crippen LogP contribution in [0.15, 0.2) is 42.5 Å². The van der Waals surface area contributed by atoms with Gasteiger partial charge in [0, 0.05) is 36.4 Å². The first-order valence-electron chi connectivity index (χ1n) is 11.4. The number of alkyl halides is 3. The smallest absolute Gasteiger partial charge is 0.396 e. The minimum atomic E-state index is -4.57. The first-order valence-corrected chi connectivity index (χ1v) is 11.4. The monoisotopic (exact) mass is 488 g/mol. The fourth-order valence-electron chi connectivity index (χ4n) is 4.35. The number of carbonyl (C=O) groups excluding carboxylic acids is 2. The molecule has 4 rings (SSSR count). The standard InChI is InChI=1S/C25H27F3N4O3/c1-24(2)10-4-11-31(22(24)35)18-8-9-20-19(15-18)29-23(32(20)12-5-13-33)30-21(34)16-6-3-7-17(14-16)25(26,27)28/h3,6-9,14-15,33H,4-5,10-13H2,1-2H3,(H,29,30,34). The van der Waals surface area contributed by atoms with Crippen molar-refractivity contribution >= 4 is 34.5 Å². The summed E-state index contributed by atoms with van der Waals surface area (Å²) in [6, 6.07) is 9.55. The molecule has 0 bridgehead atoms. The predicted octanol–water partition coefficient (Wildman–Crippen LogP) is 4.84. The third-order valence-corrected chi connectivity index (χ3v) is 6.27. The number of carbonyl (C=O) groups is 2. The van der Waals surface area contributed by atoms with Crippen molar-refractivity contribution in [3.63, 3.8) is 0 Å². The Morgan fingerprint density at radius 2 is 1.97 bits per heavy atom. The van der Waals surface area contributed by atoms with Crippen molar-refractivity contribution in [2.75, 3.05) is 23.4 Å². The second kappa shape index (κ2) is 9.33. The quantitative estimate of drug-likeness (QED) is 0.520. The third-order valence-electron chi connectivity index (χ3n) is 6.27. The number of piperidine rings is 1. The normalized spacial score (nSPS) is 16.1. The van der Waals surface area contributed by atoms with E-state index < -0.39 is 23.1 Å². The third kappa shape index (κ3) is 5.02. The Morgan fingerprint density at radius 3 is 2.69 bits per heavy atom. The Balaban J connectivity index is 1.68. The highest BCUT2D eigenvalue weighted by molar-refractivity contribution is 6.04. The molecule has 3 aromatic rings. The van der Waals surface area contributed by atoms with E-state index in [1.54, 1.807) is 21.6 Å². The molecule has 10 heteroatoms. The topological polar surface area (TPSA) is 87.5 Å². The van der Waals surface area contributed by atoms with Crippen molar-refractivity contribution in [1.29, 1.82) is 0 Å². The van der Waals surface area contributed by atoms with Crippen LogP contribution in [0.25, 0.3) is 11.0 Å². The van der Waals surface area contributed by atoms with E-state index in [4.69, 9.17) is 0 Å². The lowest BCUT2D eigenvalue weighted by atomic mass is 9.83. The number of aromatic nitrogens is 2. The number of benzene rings is 2. The first kappa shape index (κ1) is 24.7. The molecule has 0 atom stereocenters. The lowest BCUT2D eigenvalue weighted by Crippen LogP contribution is -2.46. The van der Waals surface area contributed by atoms with Gasteiger partial charge in [0.15, 0.2) is 0 Å². The Bertz CT molecular complexity index is 1270. The van der Waals surface area contributed by atoms with Gasteiger partial charge in [0.2, 0.25) is 11.9 Å². The highest BCUT2D eigenvalue weighted by Crippen LogP contribution is 2.35. The van der Waals surface area contributed by atoms with Crippen LogP contribution in [0.3, 0.4) is 0 Å². The number of aliphatic hydroxyl groups is 1. The highest BCUT2D eigenvalue weighted by Gasteiger charge is 2.36. The highest BCUT2D eigenvalue weighted by atomic mass is 19.4. The maximum atomic E-state index is 13.1. The number of amides is 2. The zero-order valence-electron chi connectivity index (χ0n) is 19.5. The van der Waals surface area contributed by atoms with Gasteiger partial charge < -0.3 is 14.6 Å². The molecule has 7 nitrogen and oxygen atoms in total. The summed E-state index contributed by atoms with van der Waals surface area (Å²) in [5.74, 6) is -0.552. The van der Waals surface area contributed by atoms with Crippen molar-refractivity contribution in [3.8, 4) is 0 Å². The number of hydrogen-bond acceptors (Lipinski definition) is 4. The summed E-state index contributed by atoms with van der Waals surface area (Å²) in [5.41, 5.74) is 0.358. The Hall–Kier alpha value is -3.40. The number of nitrogens with zero attached hydrogens (tertiary/aromatic N) is 3. The molecule has 0 unspecified atom stereocenters. The van der Waals surface area contributed by atoms with Gasteiger partial charge in [-0.3, -0.25) is 14.9 Å².